The van der Waals surface area contributed by atoms with Crippen LogP contribution in [-0.4, -0.2) is 24.4 Å². The average molecular weight is 288 g/mol. The molecule has 1 saturated carbocycles. The Labute approximate surface area is 126 Å². The lowest BCUT2D eigenvalue weighted by Crippen LogP contribution is -2.50. The van der Waals surface area contributed by atoms with Crippen LogP contribution in [0.25, 0.3) is 0 Å². The standard InChI is InChI=1S/C17H24N2O2/c1-12(2)15(19-13(3)20)16(21)18-11-17(9-10-17)14-7-5-4-6-8-14/h4-8,12,15H,9-11H2,1-3H3,(H,18,21)(H,19,20)/t15-/m0/s1. The third-order valence-electron chi connectivity index (χ3n) is 4.15. The van der Waals surface area contributed by atoms with Crippen LogP contribution in [0, 0.1) is 5.92 Å². The van der Waals surface area contributed by atoms with E-state index in [-0.39, 0.29) is 23.1 Å². The molecule has 4 heteroatoms. The van der Waals surface area contributed by atoms with Crippen LogP contribution < -0.4 is 10.6 Å². The molecule has 4 nitrogen and oxygen atoms in total. The lowest BCUT2D eigenvalue weighted by Gasteiger charge is -2.23. The lowest BCUT2D eigenvalue weighted by atomic mass is 9.95. The summed E-state index contributed by atoms with van der Waals surface area (Å²) in [6.45, 7) is 5.95. The van der Waals surface area contributed by atoms with Gasteiger partial charge in [-0.2, -0.15) is 0 Å². The van der Waals surface area contributed by atoms with Crippen LogP contribution in [0.1, 0.15) is 39.2 Å². The van der Waals surface area contributed by atoms with E-state index in [4.69, 9.17) is 0 Å². The molecule has 2 rings (SSSR count). The average Bonchev–Trinajstić information content (AvgIpc) is 3.24. The molecule has 0 aliphatic heterocycles. The molecule has 0 aromatic heterocycles. The van der Waals surface area contributed by atoms with Gasteiger partial charge in [0.1, 0.15) is 6.04 Å². The van der Waals surface area contributed by atoms with E-state index in [2.05, 4.69) is 22.8 Å². The van der Waals surface area contributed by atoms with Crippen molar-refractivity contribution in [2.75, 3.05) is 6.54 Å². The van der Waals surface area contributed by atoms with Gasteiger partial charge in [-0.1, -0.05) is 44.2 Å². The Morgan fingerprint density at radius 2 is 1.81 bits per heavy atom. The summed E-state index contributed by atoms with van der Waals surface area (Å²) >= 11 is 0. The summed E-state index contributed by atoms with van der Waals surface area (Å²) in [5, 5.41) is 5.74. The minimum Gasteiger partial charge on any atom is -0.353 e. The second-order valence-corrected chi connectivity index (χ2v) is 6.29. The molecule has 1 atom stereocenters. The largest absolute Gasteiger partial charge is 0.353 e. The predicted molar refractivity (Wildman–Crippen MR) is 82.8 cm³/mol. The number of carbonyl (C=O) groups is 2. The topological polar surface area (TPSA) is 58.2 Å². The molecule has 21 heavy (non-hydrogen) atoms. The van der Waals surface area contributed by atoms with Crippen LogP contribution in [0.15, 0.2) is 30.3 Å². The normalized spacial score (nSPS) is 17.1. The van der Waals surface area contributed by atoms with E-state index >= 15 is 0 Å². The smallest absolute Gasteiger partial charge is 0.242 e. The number of hydrogen-bond acceptors (Lipinski definition) is 2. The van der Waals surface area contributed by atoms with Crippen molar-refractivity contribution in [1.29, 1.82) is 0 Å². The molecule has 0 heterocycles. The maximum absolute atomic E-state index is 12.3. The van der Waals surface area contributed by atoms with Gasteiger partial charge in [-0.05, 0) is 24.3 Å². The molecular formula is C17H24N2O2. The third-order valence-corrected chi connectivity index (χ3v) is 4.15. The Kier molecular flexibility index (Phi) is 4.66. The molecule has 1 aliphatic rings. The number of nitrogens with one attached hydrogen (secondary N) is 2. The number of benzene rings is 1. The summed E-state index contributed by atoms with van der Waals surface area (Å²) in [6.07, 6.45) is 2.20. The van der Waals surface area contributed by atoms with Gasteiger partial charge in [0.25, 0.3) is 0 Å². The summed E-state index contributed by atoms with van der Waals surface area (Å²) in [6, 6.07) is 9.84. The summed E-state index contributed by atoms with van der Waals surface area (Å²) in [5.41, 5.74) is 1.38. The van der Waals surface area contributed by atoms with Gasteiger partial charge in [0, 0.05) is 18.9 Å². The van der Waals surface area contributed by atoms with Crippen LogP contribution in [0.4, 0.5) is 0 Å². The lowest BCUT2D eigenvalue weighted by molar-refractivity contribution is -0.129. The first-order valence-corrected chi connectivity index (χ1v) is 7.55. The molecule has 0 spiro atoms. The number of amides is 2. The highest BCUT2D eigenvalue weighted by Gasteiger charge is 2.44. The van der Waals surface area contributed by atoms with E-state index in [1.807, 2.05) is 32.0 Å². The minimum absolute atomic E-state index is 0.0702. The van der Waals surface area contributed by atoms with Gasteiger partial charge in [-0.15, -0.1) is 0 Å². The van der Waals surface area contributed by atoms with Crippen molar-refractivity contribution in [1.82, 2.24) is 10.6 Å². The van der Waals surface area contributed by atoms with Crippen molar-refractivity contribution >= 4 is 11.8 Å². The van der Waals surface area contributed by atoms with Crippen molar-refractivity contribution < 1.29 is 9.59 Å². The first-order chi connectivity index (χ1) is 9.94. The van der Waals surface area contributed by atoms with E-state index in [9.17, 15) is 9.59 Å². The second-order valence-electron chi connectivity index (χ2n) is 6.29. The zero-order valence-electron chi connectivity index (χ0n) is 13.0. The van der Waals surface area contributed by atoms with Crippen molar-refractivity contribution in [3.05, 3.63) is 35.9 Å². The minimum atomic E-state index is -0.464. The van der Waals surface area contributed by atoms with Crippen molar-refractivity contribution in [2.24, 2.45) is 5.92 Å². The maximum Gasteiger partial charge on any atom is 0.242 e. The van der Waals surface area contributed by atoms with E-state index in [1.165, 1.54) is 12.5 Å². The molecule has 2 N–H and O–H groups in total. The number of hydrogen-bond donors (Lipinski definition) is 2. The fourth-order valence-electron chi connectivity index (χ4n) is 2.63. The zero-order chi connectivity index (χ0) is 15.5. The van der Waals surface area contributed by atoms with Crippen LogP contribution in [-0.2, 0) is 15.0 Å². The summed E-state index contributed by atoms with van der Waals surface area (Å²) in [5.74, 6) is -0.198. The maximum atomic E-state index is 12.3. The zero-order valence-corrected chi connectivity index (χ0v) is 13.0. The molecule has 0 unspecified atom stereocenters. The second kappa shape index (κ2) is 6.29. The van der Waals surface area contributed by atoms with Crippen LogP contribution in [0.3, 0.4) is 0 Å². The number of carbonyl (C=O) groups excluding carboxylic acids is 2. The number of rotatable bonds is 6. The first-order valence-electron chi connectivity index (χ1n) is 7.55. The summed E-state index contributed by atoms with van der Waals surface area (Å²) in [7, 11) is 0. The Morgan fingerprint density at radius 1 is 1.19 bits per heavy atom. The van der Waals surface area contributed by atoms with Gasteiger partial charge in [-0.3, -0.25) is 9.59 Å². The third kappa shape index (κ3) is 3.84. The van der Waals surface area contributed by atoms with Gasteiger partial charge in [-0.25, -0.2) is 0 Å². The van der Waals surface area contributed by atoms with Gasteiger partial charge < -0.3 is 10.6 Å². The van der Waals surface area contributed by atoms with Gasteiger partial charge in [0.2, 0.25) is 11.8 Å². The van der Waals surface area contributed by atoms with E-state index < -0.39 is 6.04 Å². The van der Waals surface area contributed by atoms with Crippen LogP contribution >= 0.6 is 0 Å². The molecular weight excluding hydrogens is 264 g/mol. The van der Waals surface area contributed by atoms with Crippen molar-refractivity contribution in [3.63, 3.8) is 0 Å². The molecule has 0 saturated heterocycles. The fraction of sp³-hybridized carbons (Fsp3) is 0.529. The molecule has 1 aliphatic carbocycles. The van der Waals surface area contributed by atoms with Gasteiger partial charge >= 0.3 is 0 Å². The van der Waals surface area contributed by atoms with Gasteiger partial charge in [0.15, 0.2) is 0 Å². The molecule has 0 radical (unpaired) electrons. The molecule has 0 bridgehead atoms. The van der Waals surface area contributed by atoms with E-state index in [0.717, 1.165) is 12.8 Å². The van der Waals surface area contributed by atoms with E-state index in [0.29, 0.717) is 6.54 Å². The van der Waals surface area contributed by atoms with Crippen LogP contribution in [0.5, 0.6) is 0 Å². The Morgan fingerprint density at radius 3 is 2.29 bits per heavy atom. The summed E-state index contributed by atoms with van der Waals surface area (Å²) in [4.78, 5) is 23.5. The monoisotopic (exact) mass is 288 g/mol. The highest BCUT2D eigenvalue weighted by Crippen LogP contribution is 2.47. The molecule has 1 aromatic rings. The molecule has 1 aromatic carbocycles. The highest BCUT2D eigenvalue weighted by molar-refractivity contribution is 5.87. The Hall–Kier alpha value is -1.84. The van der Waals surface area contributed by atoms with Crippen molar-refractivity contribution in [2.45, 2.75) is 45.1 Å². The fourth-order valence-corrected chi connectivity index (χ4v) is 2.63. The quantitative estimate of drug-likeness (QED) is 0.841. The van der Waals surface area contributed by atoms with E-state index in [1.54, 1.807) is 0 Å². The predicted octanol–water partition coefficient (Wildman–Crippen LogP) is 2.00. The van der Waals surface area contributed by atoms with Crippen LogP contribution in [0.2, 0.25) is 0 Å². The molecule has 1 fully saturated rings. The Bertz CT molecular complexity index is 507. The van der Waals surface area contributed by atoms with Gasteiger partial charge in [0.05, 0.1) is 0 Å². The first kappa shape index (κ1) is 15.5. The highest BCUT2D eigenvalue weighted by atomic mass is 16.2. The molecule has 114 valence electrons. The SMILES string of the molecule is CC(=O)N[C@H](C(=O)NCC1(c2ccccc2)CC1)C(C)C. The van der Waals surface area contributed by atoms with Crippen molar-refractivity contribution in [3.8, 4) is 0 Å². The summed E-state index contributed by atoms with van der Waals surface area (Å²) < 4.78 is 0. The Balaban J connectivity index is 1.96. The molecule has 2 amide bonds.